The van der Waals surface area contributed by atoms with Crippen LogP contribution in [0.4, 0.5) is 5.82 Å². The molecule has 0 radical (unpaired) electrons. The van der Waals surface area contributed by atoms with E-state index in [1.807, 2.05) is 19.2 Å². The number of anilines is 1. The Labute approximate surface area is 103 Å². The maximum atomic E-state index is 11.6. The highest BCUT2D eigenvalue weighted by Crippen LogP contribution is 2.01. The lowest BCUT2D eigenvalue weighted by atomic mass is 10.3. The van der Waals surface area contributed by atoms with Gasteiger partial charge in [-0.25, -0.2) is 4.98 Å². The zero-order valence-electron chi connectivity index (χ0n) is 10.6. The summed E-state index contributed by atoms with van der Waals surface area (Å²) >= 11 is 0. The van der Waals surface area contributed by atoms with E-state index in [1.165, 1.54) is 12.8 Å². The van der Waals surface area contributed by atoms with Gasteiger partial charge in [-0.1, -0.05) is 19.4 Å². The maximum Gasteiger partial charge on any atom is 0.226 e. The third-order valence-corrected chi connectivity index (χ3v) is 2.55. The molecule has 0 bridgehead atoms. The van der Waals surface area contributed by atoms with Gasteiger partial charge in [-0.2, -0.15) is 0 Å². The van der Waals surface area contributed by atoms with Crippen LogP contribution in [0.25, 0.3) is 0 Å². The number of nitrogens with zero attached hydrogens (tertiary/aromatic N) is 2. The summed E-state index contributed by atoms with van der Waals surface area (Å²) in [4.78, 5) is 17.8. The van der Waals surface area contributed by atoms with Crippen LogP contribution in [0.2, 0.25) is 0 Å². The minimum absolute atomic E-state index is 0.0204. The molecule has 94 valence electrons. The summed E-state index contributed by atoms with van der Waals surface area (Å²) in [5.74, 6) is 0.640. The van der Waals surface area contributed by atoms with Crippen molar-refractivity contribution in [1.29, 1.82) is 0 Å². The van der Waals surface area contributed by atoms with E-state index in [0.717, 1.165) is 13.1 Å². The monoisotopic (exact) mass is 235 g/mol. The molecule has 0 aliphatic carbocycles. The number of unbranched alkanes of at least 4 members (excludes halogenated alkanes) is 1. The van der Waals surface area contributed by atoms with Crippen molar-refractivity contribution in [3.63, 3.8) is 0 Å². The van der Waals surface area contributed by atoms with Crippen LogP contribution >= 0.6 is 0 Å². The Bertz CT molecular complexity index is 327. The van der Waals surface area contributed by atoms with Gasteiger partial charge in [0.05, 0.1) is 0 Å². The van der Waals surface area contributed by atoms with Crippen LogP contribution in [0.3, 0.4) is 0 Å². The van der Waals surface area contributed by atoms with Gasteiger partial charge in [-0.15, -0.1) is 0 Å². The largest absolute Gasteiger partial charge is 0.311 e. The molecule has 0 spiro atoms. The van der Waals surface area contributed by atoms with Crippen LogP contribution in [0.1, 0.15) is 26.2 Å². The molecule has 0 aromatic carbocycles. The minimum atomic E-state index is 0.0204. The number of carbonyl (C=O) groups excluding carboxylic acids is 1. The average Bonchev–Trinajstić information content (AvgIpc) is 2.35. The SMILES string of the molecule is CCCCN(C)CCC(=O)Nc1ccccn1. The molecule has 1 aromatic rings. The molecule has 1 rings (SSSR count). The summed E-state index contributed by atoms with van der Waals surface area (Å²) in [7, 11) is 2.05. The first kappa shape index (κ1) is 13.6. The Kier molecular flexibility index (Phi) is 6.25. The normalized spacial score (nSPS) is 10.5. The topological polar surface area (TPSA) is 45.2 Å². The smallest absolute Gasteiger partial charge is 0.226 e. The van der Waals surface area contributed by atoms with Crippen LogP contribution in [-0.2, 0) is 4.79 Å². The van der Waals surface area contributed by atoms with Crippen LogP contribution in [0.5, 0.6) is 0 Å². The Morgan fingerprint density at radius 2 is 2.24 bits per heavy atom. The summed E-state index contributed by atoms with van der Waals surface area (Å²) in [6.45, 7) is 4.01. The minimum Gasteiger partial charge on any atom is -0.311 e. The number of aromatic nitrogens is 1. The highest BCUT2D eigenvalue weighted by Gasteiger charge is 2.04. The highest BCUT2D eigenvalue weighted by atomic mass is 16.1. The number of pyridine rings is 1. The van der Waals surface area contributed by atoms with Crippen molar-refractivity contribution in [2.75, 3.05) is 25.5 Å². The molecule has 0 saturated heterocycles. The lowest BCUT2D eigenvalue weighted by Gasteiger charge is -2.15. The molecule has 1 N–H and O–H groups in total. The zero-order valence-corrected chi connectivity index (χ0v) is 10.6. The Hall–Kier alpha value is -1.42. The fourth-order valence-electron chi connectivity index (χ4n) is 1.47. The lowest BCUT2D eigenvalue weighted by Crippen LogP contribution is -2.25. The van der Waals surface area contributed by atoms with E-state index in [0.29, 0.717) is 12.2 Å². The number of nitrogens with one attached hydrogen (secondary N) is 1. The number of hydrogen-bond donors (Lipinski definition) is 1. The van der Waals surface area contributed by atoms with Gasteiger partial charge in [0, 0.05) is 19.2 Å². The van der Waals surface area contributed by atoms with Gasteiger partial charge in [-0.05, 0) is 32.1 Å². The van der Waals surface area contributed by atoms with Gasteiger partial charge in [0.2, 0.25) is 5.91 Å². The molecule has 17 heavy (non-hydrogen) atoms. The molecule has 4 nitrogen and oxygen atoms in total. The standard InChI is InChI=1S/C13H21N3O/c1-3-4-10-16(2)11-8-13(17)15-12-7-5-6-9-14-12/h5-7,9H,3-4,8,10-11H2,1-2H3,(H,14,15,17). The third kappa shape index (κ3) is 6.02. The Morgan fingerprint density at radius 3 is 2.88 bits per heavy atom. The second kappa shape index (κ2) is 7.79. The van der Waals surface area contributed by atoms with E-state index in [4.69, 9.17) is 0 Å². The average molecular weight is 235 g/mol. The predicted octanol–water partition coefficient (Wildman–Crippen LogP) is 2.14. The third-order valence-electron chi connectivity index (χ3n) is 2.55. The molecule has 1 aromatic heterocycles. The first-order valence-electron chi connectivity index (χ1n) is 6.11. The zero-order chi connectivity index (χ0) is 12.5. The number of rotatable bonds is 7. The summed E-state index contributed by atoms with van der Waals surface area (Å²) in [5.41, 5.74) is 0. The van der Waals surface area contributed by atoms with Gasteiger partial charge in [0.25, 0.3) is 0 Å². The van der Waals surface area contributed by atoms with Gasteiger partial charge < -0.3 is 10.2 Å². The molecule has 0 fully saturated rings. The van der Waals surface area contributed by atoms with Crippen molar-refractivity contribution in [2.24, 2.45) is 0 Å². The van der Waals surface area contributed by atoms with Crippen LogP contribution in [0, 0.1) is 0 Å². The maximum absolute atomic E-state index is 11.6. The molecule has 0 unspecified atom stereocenters. The van der Waals surface area contributed by atoms with Crippen LogP contribution in [-0.4, -0.2) is 35.9 Å². The molecular formula is C13H21N3O. The number of amides is 1. The summed E-state index contributed by atoms with van der Waals surface area (Å²) in [6, 6.07) is 5.48. The van der Waals surface area contributed by atoms with Crippen molar-refractivity contribution in [3.8, 4) is 0 Å². The Balaban J connectivity index is 2.21. The first-order valence-corrected chi connectivity index (χ1v) is 6.11. The van der Waals surface area contributed by atoms with E-state index in [9.17, 15) is 4.79 Å². The lowest BCUT2D eigenvalue weighted by molar-refractivity contribution is -0.116. The Morgan fingerprint density at radius 1 is 1.41 bits per heavy atom. The van der Waals surface area contributed by atoms with E-state index in [1.54, 1.807) is 12.3 Å². The van der Waals surface area contributed by atoms with Crippen molar-refractivity contribution in [2.45, 2.75) is 26.2 Å². The summed E-state index contributed by atoms with van der Waals surface area (Å²) in [5, 5.41) is 2.78. The summed E-state index contributed by atoms with van der Waals surface area (Å²) < 4.78 is 0. The fourth-order valence-corrected chi connectivity index (χ4v) is 1.47. The van der Waals surface area contributed by atoms with Gasteiger partial charge >= 0.3 is 0 Å². The van der Waals surface area contributed by atoms with Gasteiger partial charge in [-0.3, -0.25) is 4.79 Å². The van der Waals surface area contributed by atoms with E-state index >= 15 is 0 Å². The molecule has 0 aliphatic heterocycles. The molecule has 4 heteroatoms. The molecule has 1 heterocycles. The molecule has 0 atom stereocenters. The van der Waals surface area contributed by atoms with Crippen molar-refractivity contribution in [3.05, 3.63) is 24.4 Å². The van der Waals surface area contributed by atoms with Gasteiger partial charge in [0.1, 0.15) is 5.82 Å². The van der Waals surface area contributed by atoms with E-state index in [2.05, 4.69) is 22.1 Å². The van der Waals surface area contributed by atoms with Crippen molar-refractivity contribution < 1.29 is 4.79 Å². The van der Waals surface area contributed by atoms with Crippen LogP contribution < -0.4 is 5.32 Å². The summed E-state index contributed by atoms with van der Waals surface area (Å²) in [6.07, 6.45) is 4.54. The number of hydrogen-bond acceptors (Lipinski definition) is 3. The van der Waals surface area contributed by atoms with Crippen molar-refractivity contribution >= 4 is 11.7 Å². The molecule has 0 saturated carbocycles. The highest BCUT2D eigenvalue weighted by molar-refractivity contribution is 5.89. The van der Waals surface area contributed by atoms with Crippen molar-refractivity contribution in [1.82, 2.24) is 9.88 Å². The van der Waals surface area contributed by atoms with E-state index < -0.39 is 0 Å². The molecule has 0 aliphatic rings. The number of carbonyl (C=O) groups is 1. The molecular weight excluding hydrogens is 214 g/mol. The quantitative estimate of drug-likeness (QED) is 0.787. The second-order valence-corrected chi connectivity index (χ2v) is 4.17. The fraction of sp³-hybridized carbons (Fsp3) is 0.538. The predicted molar refractivity (Wildman–Crippen MR) is 69.9 cm³/mol. The first-order chi connectivity index (χ1) is 8.22. The van der Waals surface area contributed by atoms with Crippen LogP contribution in [0.15, 0.2) is 24.4 Å². The molecule has 1 amide bonds. The van der Waals surface area contributed by atoms with E-state index in [-0.39, 0.29) is 5.91 Å². The van der Waals surface area contributed by atoms with Gasteiger partial charge in [0.15, 0.2) is 0 Å². The second-order valence-electron chi connectivity index (χ2n) is 4.17.